The van der Waals surface area contributed by atoms with Crippen molar-refractivity contribution < 1.29 is 0 Å². The summed E-state index contributed by atoms with van der Waals surface area (Å²) in [4.78, 5) is 0. The van der Waals surface area contributed by atoms with Gasteiger partial charge in [-0.25, -0.2) is 0 Å². The summed E-state index contributed by atoms with van der Waals surface area (Å²) >= 11 is 0. The Morgan fingerprint density at radius 1 is 0.800 bits per heavy atom. The summed E-state index contributed by atoms with van der Waals surface area (Å²) in [7, 11) is 0. The maximum absolute atomic E-state index is 4.34. The van der Waals surface area contributed by atoms with Gasteiger partial charge >= 0.3 is 0 Å². The van der Waals surface area contributed by atoms with Crippen LogP contribution in [0.2, 0.25) is 0 Å². The minimum atomic E-state index is 0.937. The summed E-state index contributed by atoms with van der Waals surface area (Å²) in [5, 5.41) is 8.60. The monoisotopic (exact) mass is 336 g/mol. The Morgan fingerprint density at radius 3 is 2.04 bits per heavy atom. The molecule has 0 radical (unpaired) electrons. The van der Waals surface area contributed by atoms with E-state index in [1.165, 1.54) is 62.5 Å². The van der Waals surface area contributed by atoms with Gasteiger partial charge in [-0.3, -0.25) is 0 Å². The van der Waals surface area contributed by atoms with E-state index in [1.54, 1.807) is 0 Å². The zero-order valence-electron chi connectivity index (χ0n) is 15.9. The average molecular weight is 337 g/mol. The van der Waals surface area contributed by atoms with Crippen molar-refractivity contribution in [1.82, 2.24) is 10.2 Å². The first-order valence-corrected chi connectivity index (χ1v) is 10.2. The average Bonchev–Trinajstić information content (AvgIpc) is 2.68. The second-order valence-electron chi connectivity index (χ2n) is 7.67. The SMILES string of the molecule is CCCC1CCC(CCc2ccc(-c3ccc(CC)nn3)cc2)CC1. The third kappa shape index (κ3) is 5.14. The molecule has 2 nitrogen and oxygen atoms in total. The van der Waals surface area contributed by atoms with Crippen molar-refractivity contribution in [3.63, 3.8) is 0 Å². The van der Waals surface area contributed by atoms with Gasteiger partial charge in [-0.2, -0.15) is 10.2 Å². The highest BCUT2D eigenvalue weighted by Crippen LogP contribution is 2.33. The fraction of sp³-hybridized carbons (Fsp3) is 0.565. The van der Waals surface area contributed by atoms with Gasteiger partial charge in [0.25, 0.3) is 0 Å². The predicted octanol–water partition coefficient (Wildman–Crippen LogP) is 6.25. The molecule has 0 saturated heterocycles. The van der Waals surface area contributed by atoms with E-state index in [9.17, 15) is 0 Å². The van der Waals surface area contributed by atoms with Gasteiger partial charge in [-0.05, 0) is 48.8 Å². The Hall–Kier alpha value is -1.70. The molecule has 0 atom stereocenters. The van der Waals surface area contributed by atoms with Gasteiger partial charge in [0.05, 0.1) is 11.4 Å². The Bertz CT molecular complexity index is 622. The molecule has 0 bridgehead atoms. The predicted molar refractivity (Wildman–Crippen MR) is 106 cm³/mol. The highest BCUT2D eigenvalue weighted by atomic mass is 15.1. The van der Waals surface area contributed by atoms with Gasteiger partial charge in [0, 0.05) is 5.56 Å². The molecule has 1 aromatic carbocycles. The van der Waals surface area contributed by atoms with Gasteiger partial charge in [-0.15, -0.1) is 0 Å². The summed E-state index contributed by atoms with van der Waals surface area (Å²) in [5.41, 5.74) is 4.64. The number of hydrogen-bond acceptors (Lipinski definition) is 2. The molecule has 2 heteroatoms. The van der Waals surface area contributed by atoms with E-state index in [1.807, 2.05) is 0 Å². The molecule has 25 heavy (non-hydrogen) atoms. The smallest absolute Gasteiger partial charge is 0.0929 e. The maximum atomic E-state index is 4.34. The molecular formula is C23H32N2. The minimum Gasteiger partial charge on any atom is -0.155 e. The van der Waals surface area contributed by atoms with Crippen LogP contribution in [0.15, 0.2) is 36.4 Å². The molecule has 0 spiro atoms. The van der Waals surface area contributed by atoms with Gasteiger partial charge in [0.2, 0.25) is 0 Å². The third-order valence-electron chi connectivity index (χ3n) is 5.84. The van der Waals surface area contributed by atoms with E-state index in [0.29, 0.717) is 0 Å². The van der Waals surface area contributed by atoms with Crippen LogP contribution in [0.4, 0.5) is 0 Å². The Kier molecular flexibility index (Phi) is 6.61. The summed E-state index contributed by atoms with van der Waals surface area (Å²) < 4.78 is 0. The molecule has 0 unspecified atom stereocenters. The van der Waals surface area contributed by atoms with E-state index in [0.717, 1.165) is 29.6 Å². The fourth-order valence-electron chi connectivity index (χ4n) is 4.13. The molecule has 0 amide bonds. The second-order valence-corrected chi connectivity index (χ2v) is 7.67. The lowest BCUT2D eigenvalue weighted by molar-refractivity contribution is 0.252. The van der Waals surface area contributed by atoms with Crippen molar-refractivity contribution >= 4 is 0 Å². The molecule has 1 aromatic heterocycles. The summed E-state index contributed by atoms with van der Waals surface area (Å²) in [6, 6.07) is 13.1. The van der Waals surface area contributed by atoms with Crippen LogP contribution < -0.4 is 0 Å². The molecule has 1 aliphatic carbocycles. The lowest BCUT2D eigenvalue weighted by Gasteiger charge is -2.28. The van der Waals surface area contributed by atoms with Crippen LogP contribution in [-0.2, 0) is 12.8 Å². The van der Waals surface area contributed by atoms with Crippen molar-refractivity contribution in [3.8, 4) is 11.3 Å². The number of aromatic nitrogens is 2. The van der Waals surface area contributed by atoms with E-state index < -0.39 is 0 Å². The lowest BCUT2D eigenvalue weighted by atomic mass is 9.78. The highest BCUT2D eigenvalue weighted by Gasteiger charge is 2.20. The van der Waals surface area contributed by atoms with Crippen molar-refractivity contribution in [3.05, 3.63) is 47.7 Å². The first kappa shape index (κ1) is 18.1. The quantitative estimate of drug-likeness (QED) is 0.597. The fourth-order valence-corrected chi connectivity index (χ4v) is 4.13. The maximum Gasteiger partial charge on any atom is 0.0929 e. The number of benzene rings is 1. The second kappa shape index (κ2) is 9.12. The van der Waals surface area contributed by atoms with E-state index in [4.69, 9.17) is 0 Å². The zero-order chi connectivity index (χ0) is 17.5. The van der Waals surface area contributed by atoms with Crippen LogP contribution in [0, 0.1) is 11.8 Å². The topological polar surface area (TPSA) is 25.8 Å². The van der Waals surface area contributed by atoms with Crippen molar-refractivity contribution in [2.75, 3.05) is 0 Å². The molecule has 134 valence electrons. The molecule has 1 aliphatic rings. The first-order valence-electron chi connectivity index (χ1n) is 10.2. The Labute approximate surface area is 153 Å². The number of aryl methyl sites for hydroxylation is 2. The van der Waals surface area contributed by atoms with E-state index >= 15 is 0 Å². The van der Waals surface area contributed by atoms with Crippen LogP contribution in [0.3, 0.4) is 0 Å². The van der Waals surface area contributed by atoms with Crippen molar-refractivity contribution in [2.45, 2.75) is 71.6 Å². The molecular weight excluding hydrogens is 304 g/mol. The lowest BCUT2D eigenvalue weighted by Crippen LogP contribution is -2.15. The molecule has 1 saturated carbocycles. The number of hydrogen-bond donors (Lipinski definition) is 0. The van der Waals surface area contributed by atoms with Crippen LogP contribution in [0.25, 0.3) is 11.3 Å². The third-order valence-corrected chi connectivity index (χ3v) is 5.84. The molecule has 1 fully saturated rings. The van der Waals surface area contributed by atoms with Crippen molar-refractivity contribution in [2.24, 2.45) is 11.8 Å². The first-order chi connectivity index (χ1) is 12.3. The van der Waals surface area contributed by atoms with Crippen LogP contribution >= 0.6 is 0 Å². The summed E-state index contributed by atoms with van der Waals surface area (Å²) in [5.74, 6) is 1.96. The molecule has 0 aliphatic heterocycles. The number of nitrogens with zero attached hydrogens (tertiary/aromatic N) is 2. The van der Waals surface area contributed by atoms with Gasteiger partial charge in [0.1, 0.15) is 0 Å². The van der Waals surface area contributed by atoms with Crippen LogP contribution in [0.5, 0.6) is 0 Å². The highest BCUT2D eigenvalue weighted by molar-refractivity contribution is 5.58. The number of rotatable bonds is 7. The Morgan fingerprint density at radius 2 is 1.48 bits per heavy atom. The van der Waals surface area contributed by atoms with Crippen molar-refractivity contribution in [1.29, 1.82) is 0 Å². The van der Waals surface area contributed by atoms with Gasteiger partial charge < -0.3 is 0 Å². The van der Waals surface area contributed by atoms with Crippen LogP contribution in [-0.4, -0.2) is 10.2 Å². The minimum absolute atomic E-state index is 0.937. The summed E-state index contributed by atoms with van der Waals surface area (Å²) in [6.07, 6.45) is 12.1. The standard InChI is InChI=1S/C23H32N2/c1-3-5-18-6-8-19(9-7-18)10-11-20-12-14-21(15-13-20)23-17-16-22(4-2)24-25-23/h12-19H,3-11H2,1-2H3. The molecule has 3 rings (SSSR count). The van der Waals surface area contributed by atoms with E-state index in [2.05, 4.69) is 60.4 Å². The van der Waals surface area contributed by atoms with Crippen LogP contribution in [0.1, 0.15) is 70.1 Å². The molecule has 2 aromatic rings. The van der Waals surface area contributed by atoms with Gasteiger partial charge in [-0.1, -0.05) is 76.6 Å². The Balaban J connectivity index is 1.49. The van der Waals surface area contributed by atoms with Gasteiger partial charge in [0.15, 0.2) is 0 Å². The molecule has 0 N–H and O–H groups in total. The zero-order valence-corrected chi connectivity index (χ0v) is 15.9. The summed E-state index contributed by atoms with van der Waals surface area (Å²) in [6.45, 7) is 4.42. The normalized spacial score (nSPS) is 20.6. The largest absolute Gasteiger partial charge is 0.155 e. The molecule has 1 heterocycles. The van der Waals surface area contributed by atoms with E-state index in [-0.39, 0.29) is 0 Å².